The second kappa shape index (κ2) is 5.75. The van der Waals surface area contributed by atoms with Crippen molar-refractivity contribution >= 4 is 28.2 Å². The molecule has 0 saturated carbocycles. The van der Waals surface area contributed by atoms with Crippen LogP contribution in [-0.2, 0) is 6.42 Å². The van der Waals surface area contributed by atoms with E-state index in [1.807, 2.05) is 30.3 Å². The maximum atomic E-state index is 5.83. The van der Waals surface area contributed by atoms with Gasteiger partial charge in [-0.1, -0.05) is 13.0 Å². The number of nitrogens with zero attached hydrogens (tertiary/aromatic N) is 3. The summed E-state index contributed by atoms with van der Waals surface area (Å²) in [5, 5.41) is 4.36. The molecule has 5 nitrogen and oxygen atoms in total. The van der Waals surface area contributed by atoms with Gasteiger partial charge in [0.1, 0.15) is 17.5 Å². The quantitative estimate of drug-likeness (QED) is 0.766. The number of anilines is 3. The standard InChI is InChI=1S/C16H17N5/c1-2-4-15-20-14(17)10-16(21-15)19-12-6-7-13-11(9-12)5-3-8-18-13/h3,5-10H,2,4H2,1H3,(H3,17,19,20,21). The molecule has 106 valence electrons. The third-order valence-corrected chi connectivity index (χ3v) is 3.14. The molecule has 2 aromatic heterocycles. The Morgan fingerprint density at radius 2 is 2.05 bits per heavy atom. The number of nitrogen functional groups attached to an aromatic ring is 1. The normalized spacial score (nSPS) is 10.7. The van der Waals surface area contributed by atoms with Crippen LogP contribution < -0.4 is 11.1 Å². The zero-order valence-electron chi connectivity index (χ0n) is 11.9. The van der Waals surface area contributed by atoms with E-state index in [0.717, 1.165) is 35.3 Å². The van der Waals surface area contributed by atoms with Crippen LogP contribution in [0, 0.1) is 0 Å². The fourth-order valence-electron chi connectivity index (χ4n) is 2.22. The highest BCUT2D eigenvalue weighted by atomic mass is 15.0. The van der Waals surface area contributed by atoms with E-state index in [0.29, 0.717) is 11.6 Å². The fourth-order valence-corrected chi connectivity index (χ4v) is 2.22. The van der Waals surface area contributed by atoms with E-state index in [4.69, 9.17) is 5.73 Å². The summed E-state index contributed by atoms with van der Waals surface area (Å²) in [5.74, 6) is 1.97. The topological polar surface area (TPSA) is 76.7 Å². The van der Waals surface area contributed by atoms with Gasteiger partial charge in [-0.2, -0.15) is 0 Å². The zero-order valence-corrected chi connectivity index (χ0v) is 11.9. The number of aromatic nitrogens is 3. The molecule has 5 heteroatoms. The SMILES string of the molecule is CCCc1nc(N)cc(Nc2ccc3ncccc3c2)n1. The molecular weight excluding hydrogens is 262 g/mol. The molecule has 21 heavy (non-hydrogen) atoms. The van der Waals surface area contributed by atoms with E-state index in [-0.39, 0.29) is 0 Å². The van der Waals surface area contributed by atoms with Gasteiger partial charge in [-0.15, -0.1) is 0 Å². The minimum absolute atomic E-state index is 0.485. The van der Waals surface area contributed by atoms with Crippen molar-refractivity contribution in [2.45, 2.75) is 19.8 Å². The molecule has 0 radical (unpaired) electrons. The van der Waals surface area contributed by atoms with Crippen LogP contribution in [0.5, 0.6) is 0 Å². The Kier molecular flexibility index (Phi) is 3.64. The smallest absolute Gasteiger partial charge is 0.136 e. The number of hydrogen-bond acceptors (Lipinski definition) is 5. The lowest BCUT2D eigenvalue weighted by molar-refractivity contribution is 0.839. The molecule has 1 aromatic carbocycles. The predicted octanol–water partition coefficient (Wildman–Crippen LogP) is 3.30. The predicted molar refractivity (Wildman–Crippen MR) is 85.5 cm³/mol. The molecule has 3 aromatic rings. The number of rotatable bonds is 4. The largest absolute Gasteiger partial charge is 0.384 e. The van der Waals surface area contributed by atoms with Crippen LogP contribution in [0.4, 0.5) is 17.3 Å². The van der Waals surface area contributed by atoms with E-state index in [2.05, 4.69) is 27.2 Å². The van der Waals surface area contributed by atoms with Gasteiger partial charge >= 0.3 is 0 Å². The molecule has 0 spiro atoms. The van der Waals surface area contributed by atoms with Crippen molar-refractivity contribution in [3.63, 3.8) is 0 Å². The number of benzene rings is 1. The van der Waals surface area contributed by atoms with Crippen LogP contribution in [0.25, 0.3) is 10.9 Å². The van der Waals surface area contributed by atoms with Crippen molar-refractivity contribution in [1.82, 2.24) is 15.0 Å². The average Bonchev–Trinajstić information content (AvgIpc) is 2.47. The average molecular weight is 279 g/mol. The van der Waals surface area contributed by atoms with Crippen LogP contribution in [0.15, 0.2) is 42.6 Å². The maximum absolute atomic E-state index is 5.83. The Morgan fingerprint density at radius 3 is 2.90 bits per heavy atom. The van der Waals surface area contributed by atoms with E-state index < -0.39 is 0 Å². The van der Waals surface area contributed by atoms with Gasteiger partial charge in [0.2, 0.25) is 0 Å². The Hall–Kier alpha value is -2.69. The van der Waals surface area contributed by atoms with Gasteiger partial charge in [0, 0.05) is 29.8 Å². The number of aryl methyl sites for hydroxylation is 1. The summed E-state index contributed by atoms with van der Waals surface area (Å²) in [5.41, 5.74) is 7.76. The Morgan fingerprint density at radius 1 is 1.14 bits per heavy atom. The first-order valence-corrected chi connectivity index (χ1v) is 7.00. The second-order valence-corrected chi connectivity index (χ2v) is 4.88. The molecule has 0 bridgehead atoms. The van der Waals surface area contributed by atoms with E-state index in [9.17, 15) is 0 Å². The summed E-state index contributed by atoms with van der Waals surface area (Å²) in [6, 6.07) is 11.7. The number of hydrogen-bond donors (Lipinski definition) is 2. The summed E-state index contributed by atoms with van der Waals surface area (Å²) < 4.78 is 0. The number of nitrogens with one attached hydrogen (secondary N) is 1. The van der Waals surface area contributed by atoms with E-state index >= 15 is 0 Å². The minimum Gasteiger partial charge on any atom is -0.384 e. The summed E-state index contributed by atoms with van der Waals surface area (Å²) in [6.45, 7) is 2.09. The summed E-state index contributed by atoms with van der Waals surface area (Å²) in [7, 11) is 0. The fraction of sp³-hybridized carbons (Fsp3) is 0.188. The third-order valence-electron chi connectivity index (χ3n) is 3.14. The number of fused-ring (bicyclic) bond motifs is 1. The summed E-state index contributed by atoms with van der Waals surface area (Å²) >= 11 is 0. The molecule has 0 aliphatic heterocycles. The van der Waals surface area contributed by atoms with Gasteiger partial charge < -0.3 is 11.1 Å². The second-order valence-electron chi connectivity index (χ2n) is 4.88. The molecular formula is C16H17N5. The van der Waals surface area contributed by atoms with Crippen LogP contribution >= 0.6 is 0 Å². The van der Waals surface area contributed by atoms with Crippen molar-refractivity contribution in [3.8, 4) is 0 Å². The molecule has 0 saturated heterocycles. The molecule has 3 N–H and O–H groups in total. The Balaban J connectivity index is 1.90. The van der Waals surface area contributed by atoms with Crippen LogP contribution in [0.1, 0.15) is 19.2 Å². The molecule has 0 amide bonds. The number of pyridine rings is 1. The first-order chi connectivity index (χ1) is 10.2. The van der Waals surface area contributed by atoms with Crippen molar-refractivity contribution in [3.05, 3.63) is 48.4 Å². The van der Waals surface area contributed by atoms with Gasteiger partial charge in [-0.25, -0.2) is 9.97 Å². The summed E-state index contributed by atoms with van der Waals surface area (Å²) in [4.78, 5) is 13.0. The van der Waals surface area contributed by atoms with Gasteiger partial charge in [-0.3, -0.25) is 4.98 Å². The lowest BCUT2D eigenvalue weighted by Gasteiger charge is -2.09. The first kappa shape index (κ1) is 13.3. The molecule has 0 unspecified atom stereocenters. The third kappa shape index (κ3) is 3.08. The van der Waals surface area contributed by atoms with Gasteiger partial charge in [0.05, 0.1) is 5.52 Å². The van der Waals surface area contributed by atoms with E-state index in [1.54, 1.807) is 12.3 Å². The number of nitrogens with two attached hydrogens (primary N) is 1. The van der Waals surface area contributed by atoms with Gasteiger partial charge in [-0.05, 0) is 30.7 Å². The highest BCUT2D eigenvalue weighted by Gasteiger charge is 2.03. The zero-order chi connectivity index (χ0) is 14.7. The molecule has 0 fully saturated rings. The highest BCUT2D eigenvalue weighted by molar-refractivity contribution is 5.83. The molecule has 0 aliphatic rings. The van der Waals surface area contributed by atoms with Crippen molar-refractivity contribution < 1.29 is 0 Å². The molecule has 0 atom stereocenters. The highest BCUT2D eigenvalue weighted by Crippen LogP contribution is 2.21. The molecule has 2 heterocycles. The Labute approximate surface area is 123 Å². The van der Waals surface area contributed by atoms with Crippen LogP contribution in [0.3, 0.4) is 0 Å². The monoisotopic (exact) mass is 279 g/mol. The van der Waals surface area contributed by atoms with Crippen LogP contribution in [-0.4, -0.2) is 15.0 Å². The first-order valence-electron chi connectivity index (χ1n) is 7.00. The van der Waals surface area contributed by atoms with Crippen molar-refractivity contribution in [2.75, 3.05) is 11.1 Å². The van der Waals surface area contributed by atoms with Crippen LogP contribution in [0.2, 0.25) is 0 Å². The molecule has 3 rings (SSSR count). The minimum atomic E-state index is 0.485. The maximum Gasteiger partial charge on any atom is 0.136 e. The Bertz CT molecular complexity index is 769. The van der Waals surface area contributed by atoms with E-state index in [1.165, 1.54) is 0 Å². The lowest BCUT2D eigenvalue weighted by Crippen LogP contribution is -2.03. The summed E-state index contributed by atoms with van der Waals surface area (Å²) in [6.07, 6.45) is 3.60. The molecule has 0 aliphatic carbocycles. The van der Waals surface area contributed by atoms with Gasteiger partial charge in [0.25, 0.3) is 0 Å². The van der Waals surface area contributed by atoms with Crippen molar-refractivity contribution in [2.24, 2.45) is 0 Å². The van der Waals surface area contributed by atoms with Gasteiger partial charge in [0.15, 0.2) is 0 Å². The van der Waals surface area contributed by atoms with Crippen molar-refractivity contribution in [1.29, 1.82) is 0 Å². The lowest BCUT2D eigenvalue weighted by atomic mass is 10.2.